The third-order valence-electron chi connectivity index (χ3n) is 3.01. The van der Waals surface area contributed by atoms with Crippen molar-refractivity contribution >= 4 is 17.3 Å². The number of para-hydroxylation sites is 1. The minimum absolute atomic E-state index is 0.482. The molecule has 0 aliphatic carbocycles. The molecule has 0 spiro atoms. The molecule has 1 unspecified atom stereocenters. The number of hydrogen-bond donors (Lipinski definition) is 1. The summed E-state index contributed by atoms with van der Waals surface area (Å²) in [5.74, 6) is 0. The summed E-state index contributed by atoms with van der Waals surface area (Å²) in [5.41, 5.74) is 7.93. The molecule has 0 aromatic heterocycles. The highest BCUT2D eigenvalue weighted by Crippen LogP contribution is 2.30. The zero-order valence-corrected chi connectivity index (χ0v) is 11.1. The van der Waals surface area contributed by atoms with Crippen LogP contribution in [-0.4, -0.2) is 13.1 Å². The van der Waals surface area contributed by atoms with E-state index in [0.29, 0.717) is 12.6 Å². The number of nitrogens with two attached hydrogens (primary N) is 1. The maximum atomic E-state index is 6.25. The summed E-state index contributed by atoms with van der Waals surface area (Å²) in [6.07, 6.45) is 2.33. The van der Waals surface area contributed by atoms with Crippen molar-refractivity contribution in [2.45, 2.75) is 39.3 Å². The van der Waals surface area contributed by atoms with E-state index in [1.54, 1.807) is 0 Å². The van der Waals surface area contributed by atoms with Gasteiger partial charge < -0.3 is 10.6 Å². The number of nitrogens with zero attached hydrogens (tertiary/aromatic N) is 1. The largest absolute Gasteiger partial charge is 0.370 e. The van der Waals surface area contributed by atoms with Crippen LogP contribution >= 0.6 is 11.6 Å². The van der Waals surface area contributed by atoms with Gasteiger partial charge in [0.1, 0.15) is 0 Å². The summed E-state index contributed by atoms with van der Waals surface area (Å²) in [6.45, 7) is 4.94. The second kappa shape index (κ2) is 6.12. The fourth-order valence-electron chi connectivity index (χ4n) is 1.95. The number of hydrogen-bond acceptors (Lipinski definition) is 2. The first-order valence-corrected chi connectivity index (χ1v) is 6.19. The molecule has 1 atom stereocenters. The fraction of sp³-hybridized carbons (Fsp3) is 0.538. The minimum atomic E-state index is 0.482. The Morgan fingerprint density at radius 3 is 2.69 bits per heavy atom. The van der Waals surface area contributed by atoms with Gasteiger partial charge >= 0.3 is 0 Å². The van der Waals surface area contributed by atoms with Gasteiger partial charge in [0.15, 0.2) is 0 Å². The van der Waals surface area contributed by atoms with Crippen LogP contribution in [0, 0.1) is 0 Å². The molecule has 1 rings (SSSR count). The lowest BCUT2D eigenvalue weighted by Crippen LogP contribution is -2.30. The third kappa shape index (κ3) is 2.89. The average Bonchev–Trinajstić information content (AvgIpc) is 2.28. The highest BCUT2D eigenvalue weighted by molar-refractivity contribution is 6.33. The van der Waals surface area contributed by atoms with E-state index in [1.807, 2.05) is 18.2 Å². The van der Waals surface area contributed by atoms with Crippen molar-refractivity contribution in [3.63, 3.8) is 0 Å². The monoisotopic (exact) mass is 240 g/mol. The number of halogens is 1. The molecular formula is C13H21ClN2. The summed E-state index contributed by atoms with van der Waals surface area (Å²) in [5, 5.41) is 0.786. The van der Waals surface area contributed by atoms with Gasteiger partial charge in [0.2, 0.25) is 0 Å². The first-order valence-electron chi connectivity index (χ1n) is 5.82. The molecule has 0 bridgehead atoms. The smallest absolute Gasteiger partial charge is 0.0642 e. The van der Waals surface area contributed by atoms with Crippen LogP contribution in [0.5, 0.6) is 0 Å². The maximum Gasteiger partial charge on any atom is 0.0642 e. The van der Waals surface area contributed by atoms with Crippen molar-refractivity contribution in [1.29, 1.82) is 0 Å². The van der Waals surface area contributed by atoms with Crippen LogP contribution in [0.25, 0.3) is 0 Å². The Balaban J connectivity index is 3.01. The van der Waals surface area contributed by atoms with Crippen molar-refractivity contribution in [1.82, 2.24) is 0 Å². The highest BCUT2D eigenvalue weighted by Gasteiger charge is 2.15. The molecule has 2 nitrogen and oxygen atoms in total. The van der Waals surface area contributed by atoms with Crippen LogP contribution < -0.4 is 10.6 Å². The second-order valence-electron chi connectivity index (χ2n) is 4.20. The Kier molecular flexibility index (Phi) is 5.10. The van der Waals surface area contributed by atoms with Gasteiger partial charge in [0.25, 0.3) is 0 Å². The van der Waals surface area contributed by atoms with Gasteiger partial charge in [0.05, 0.1) is 10.7 Å². The number of rotatable bonds is 5. The SMILES string of the molecule is CCCC(C)N(C)c1c(Cl)cccc1CN. The molecule has 0 heterocycles. The topological polar surface area (TPSA) is 29.3 Å². The van der Waals surface area contributed by atoms with E-state index < -0.39 is 0 Å². The van der Waals surface area contributed by atoms with Gasteiger partial charge in [-0.1, -0.05) is 37.1 Å². The van der Waals surface area contributed by atoms with Crippen molar-refractivity contribution in [2.75, 3.05) is 11.9 Å². The lowest BCUT2D eigenvalue weighted by atomic mass is 10.1. The van der Waals surface area contributed by atoms with Gasteiger partial charge in [0, 0.05) is 19.6 Å². The number of anilines is 1. The zero-order valence-electron chi connectivity index (χ0n) is 10.3. The molecule has 3 heteroatoms. The van der Waals surface area contributed by atoms with Crippen molar-refractivity contribution in [3.8, 4) is 0 Å². The Bertz CT molecular complexity index is 339. The molecule has 0 aliphatic rings. The van der Waals surface area contributed by atoms with Gasteiger partial charge in [-0.2, -0.15) is 0 Å². The van der Waals surface area contributed by atoms with Crippen LogP contribution in [0.2, 0.25) is 5.02 Å². The Morgan fingerprint density at radius 2 is 2.12 bits per heavy atom. The van der Waals surface area contributed by atoms with E-state index in [2.05, 4.69) is 25.8 Å². The summed E-state index contributed by atoms with van der Waals surface area (Å²) >= 11 is 6.25. The van der Waals surface area contributed by atoms with Crippen molar-refractivity contribution in [3.05, 3.63) is 28.8 Å². The highest BCUT2D eigenvalue weighted by atomic mass is 35.5. The van der Waals surface area contributed by atoms with Gasteiger partial charge in [-0.25, -0.2) is 0 Å². The maximum absolute atomic E-state index is 6.25. The standard InChI is InChI=1S/C13H21ClN2/c1-4-6-10(2)16(3)13-11(9-15)7-5-8-12(13)14/h5,7-8,10H,4,6,9,15H2,1-3H3. The van der Waals surface area contributed by atoms with Crippen LogP contribution in [-0.2, 0) is 6.54 Å². The Morgan fingerprint density at radius 1 is 1.44 bits per heavy atom. The van der Waals surface area contributed by atoms with E-state index in [0.717, 1.165) is 22.7 Å². The van der Waals surface area contributed by atoms with Gasteiger partial charge in [-0.15, -0.1) is 0 Å². The molecule has 0 radical (unpaired) electrons. The normalized spacial score (nSPS) is 12.6. The molecule has 2 N–H and O–H groups in total. The first kappa shape index (κ1) is 13.3. The second-order valence-corrected chi connectivity index (χ2v) is 4.61. The molecule has 1 aromatic rings. The summed E-state index contributed by atoms with van der Waals surface area (Å²) in [7, 11) is 2.08. The van der Waals surface area contributed by atoms with Crippen LogP contribution in [0.1, 0.15) is 32.3 Å². The fourth-order valence-corrected chi connectivity index (χ4v) is 2.28. The molecular weight excluding hydrogens is 220 g/mol. The quantitative estimate of drug-likeness (QED) is 0.855. The van der Waals surface area contributed by atoms with Gasteiger partial charge in [-0.3, -0.25) is 0 Å². The van der Waals surface area contributed by atoms with E-state index in [1.165, 1.54) is 6.42 Å². The summed E-state index contributed by atoms with van der Waals surface area (Å²) in [4.78, 5) is 2.23. The predicted molar refractivity (Wildman–Crippen MR) is 72.1 cm³/mol. The molecule has 0 saturated carbocycles. The third-order valence-corrected chi connectivity index (χ3v) is 3.32. The minimum Gasteiger partial charge on any atom is -0.370 e. The summed E-state index contributed by atoms with van der Waals surface area (Å²) < 4.78 is 0. The lowest BCUT2D eigenvalue weighted by Gasteiger charge is -2.29. The van der Waals surface area contributed by atoms with Crippen molar-refractivity contribution in [2.24, 2.45) is 5.73 Å². The predicted octanol–water partition coefficient (Wildman–Crippen LogP) is 3.42. The summed E-state index contributed by atoms with van der Waals surface area (Å²) in [6, 6.07) is 6.39. The molecule has 0 amide bonds. The average molecular weight is 241 g/mol. The Labute approximate surface area is 103 Å². The van der Waals surface area contributed by atoms with Gasteiger partial charge in [-0.05, 0) is 25.0 Å². The van der Waals surface area contributed by atoms with E-state index in [4.69, 9.17) is 17.3 Å². The van der Waals surface area contributed by atoms with Crippen LogP contribution in [0.3, 0.4) is 0 Å². The van der Waals surface area contributed by atoms with Crippen LogP contribution in [0.4, 0.5) is 5.69 Å². The van der Waals surface area contributed by atoms with Crippen LogP contribution in [0.15, 0.2) is 18.2 Å². The molecule has 0 saturated heterocycles. The van der Waals surface area contributed by atoms with E-state index in [-0.39, 0.29) is 0 Å². The molecule has 1 aromatic carbocycles. The zero-order chi connectivity index (χ0) is 12.1. The lowest BCUT2D eigenvalue weighted by molar-refractivity contribution is 0.614. The first-order chi connectivity index (χ1) is 7.61. The van der Waals surface area contributed by atoms with E-state index in [9.17, 15) is 0 Å². The Hall–Kier alpha value is -0.730. The molecule has 90 valence electrons. The molecule has 16 heavy (non-hydrogen) atoms. The molecule has 0 fully saturated rings. The van der Waals surface area contributed by atoms with Crippen molar-refractivity contribution < 1.29 is 0 Å². The molecule has 0 aliphatic heterocycles. The van der Waals surface area contributed by atoms with E-state index >= 15 is 0 Å². The number of benzene rings is 1.